The SMILES string of the molecule is CS(=O)(=O)N1CCN(Cc2ccc(F)c(B(O)O)c2)CC1. The third-order valence-corrected chi connectivity index (χ3v) is 4.85. The quantitative estimate of drug-likeness (QED) is 0.667. The minimum absolute atomic E-state index is 0.151. The van der Waals surface area contributed by atoms with Crippen LogP contribution in [0.3, 0.4) is 0 Å². The summed E-state index contributed by atoms with van der Waals surface area (Å²) in [5.74, 6) is -0.657. The van der Waals surface area contributed by atoms with Gasteiger partial charge < -0.3 is 10.0 Å². The van der Waals surface area contributed by atoms with Gasteiger partial charge in [0, 0.05) is 38.2 Å². The second-order valence-corrected chi connectivity index (χ2v) is 7.15. The van der Waals surface area contributed by atoms with Crippen molar-refractivity contribution in [2.75, 3.05) is 32.4 Å². The van der Waals surface area contributed by atoms with Gasteiger partial charge in [0.25, 0.3) is 0 Å². The van der Waals surface area contributed by atoms with Gasteiger partial charge in [-0.1, -0.05) is 12.1 Å². The monoisotopic (exact) mass is 316 g/mol. The maximum Gasteiger partial charge on any atom is 0.491 e. The van der Waals surface area contributed by atoms with Gasteiger partial charge in [0.1, 0.15) is 5.82 Å². The van der Waals surface area contributed by atoms with Crippen LogP contribution in [-0.2, 0) is 16.6 Å². The second kappa shape index (κ2) is 6.41. The molecule has 6 nitrogen and oxygen atoms in total. The van der Waals surface area contributed by atoms with Crippen LogP contribution in [0.4, 0.5) is 4.39 Å². The van der Waals surface area contributed by atoms with Crippen molar-refractivity contribution in [1.82, 2.24) is 9.21 Å². The van der Waals surface area contributed by atoms with Crippen LogP contribution in [0.15, 0.2) is 18.2 Å². The molecular formula is C12H18BFN2O4S. The number of nitrogens with zero attached hydrogens (tertiary/aromatic N) is 2. The van der Waals surface area contributed by atoms with Gasteiger partial charge in [-0.2, -0.15) is 4.31 Å². The average molecular weight is 316 g/mol. The molecule has 1 aliphatic heterocycles. The number of benzene rings is 1. The van der Waals surface area contributed by atoms with Gasteiger partial charge in [-0.15, -0.1) is 0 Å². The summed E-state index contributed by atoms with van der Waals surface area (Å²) in [7, 11) is -5.00. The lowest BCUT2D eigenvalue weighted by Gasteiger charge is -2.33. The number of rotatable bonds is 4. The lowest BCUT2D eigenvalue weighted by molar-refractivity contribution is 0.182. The normalized spacial score (nSPS) is 17.9. The highest BCUT2D eigenvalue weighted by atomic mass is 32.2. The van der Waals surface area contributed by atoms with Gasteiger partial charge in [0.2, 0.25) is 10.0 Å². The Kier molecular flexibility index (Phi) is 5.00. The Hall–Kier alpha value is -0.995. The largest absolute Gasteiger partial charge is 0.491 e. The third kappa shape index (κ3) is 4.24. The van der Waals surface area contributed by atoms with Gasteiger partial charge in [-0.05, 0) is 11.6 Å². The lowest BCUT2D eigenvalue weighted by Crippen LogP contribution is -2.47. The van der Waals surface area contributed by atoms with Crippen molar-refractivity contribution in [1.29, 1.82) is 0 Å². The second-order valence-electron chi connectivity index (χ2n) is 5.17. The van der Waals surface area contributed by atoms with Crippen LogP contribution in [0.5, 0.6) is 0 Å². The zero-order valence-corrected chi connectivity index (χ0v) is 12.6. The highest BCUT2D eigenvalue weighted by Gasteiger charge is 2.24. The van der Waals surface area contributed by atoms with E-state index in [9.17, 15) is 12.8 Å². The van der Waals surface area contributed by atoms with E-state index in [1.807, 2.05) is 4.90 Å². The Labute approximate surface area is 124 Å². The molecule has 2 N–H and O–H groups in total. The van der Waals surface area contributed by atoms with Crippen LogP contribution in [-0.4, -0.2) is 67.2 Å². The van der Waals surface area contributed by atoms with Crippen LogP contribution < -0.4 is 5.46 Å². The van der Waals surface area contributed by atoms with Crippen molar-refractivity contribution in [2.24, 2.45) is 0 Å². The molecule has 0 spiro atoms. The zero-order valence-electron chi connectivity index (χ0n) is 11.7. The molecule has 0 aromatic heterocycles. The number of hydrogen-bond acceptors (Lipinski definition) is 5. The van der Waals surface area contributed by atoms with E-state index in [0.29, 0.717) is 32.7 Å². The van der Waals surface area contributed by atoms with Crippen molar-refractivity contribution >= 4 is 22.6 Å². The molecule has 0 radical (unpaired) electrons. The van der Waals surface area contributed by atoms with Crippen molar-refractivity contribution in [3.8, 4) is 0 Å². The third-order valence-electron chi connectivity index (χ3n) is 3.55. The van der Waals surface area contributed by atoms with Gasteiger partial charge in [-0.25, -0.2) is 12.8 Å². The van der Waals surface area contributed by atoms with Gasteiger partial charge >= 0.3 is 7.12 Å². The Morgan fingerprint density at radius 1 is 1.24 bits per heavy atom. The summed E-state index contributed by atoms with van der Waals surface area (Å²) < 4.78 is 37.6. The minimum atomic E-state index is -3.15. The fourth-order valence-corrected chi connectivity index (χ4v) is 3.19. The van der Waals surface area contributed by atoms with Gasteiger partial charge in [0.05, 0.1) is 6.26 Å². The molecule has 2 rings (SSSR count). The molecule has 0 amide bonds. The smallest absolute Gasteiger partial charge is 0.423 e. The number of sulfonamides is 1. The first-order chi connectivity index (χ1) is 9.77. The Morgan fingerprint density at radius 2 is 1.86 bits per heavy atom. The maximum atomic E-state index is 13.4. The molecule has 1 fully saturated rings. The summed E-state index contributed by atoms with van der Waals surface area (Å²) in [6.45, 7) is 2.53. The summed E-state index contributed by atoms with van der Waals surface area (Å²) in [6.07, 6.45) is 1.19. The van der Waals surface area contributed by atoms with E-state index in [1.165, 1.54) is 22.7 Å². The number of halogens is 1. The van der Waals surface area contributed by atoms with Crippen LogP contribution in [0.2, 0.25) is 0 Å². The molecule has 1 aromatic rings. The maximum absolute atomic E-state index is 13.4. The number of hydrogen-bond donors (Lipinski definition) is 2. The molecule has 21 heavy (non-hydrogen) atoms. The predicted octanol–water partition coefficient (Wildman–Crippen LogP) is -1.42. The van der Waals surface area contributed by atoms with Crippen molar-refractivity contribution < 1.29 is 22.9 Å². The highest BCUT2D eigenvalue weighted by molar-refractivity contribution is 7.88. The average Bonchev–Trinajstić information content (AvgIpc) is 2.40. The van der Waals surface area contributed by atoms with Crippen LogP contribution in [0.25, 0.3) is 0 Å². The fraction of sp³-hybridized carbons (Fsp3) is 0.500. The first-order valence-corrected chi connectivity index (χ1v) is 8.44. The molecular weight excluding hydrogens is 298 g/mol. The van der Waals surface area contributed by atoms with E-state index in [4.69, 9.17) is 10.0 Å². The van der Waals surface area contributed by atoms with Crippen molar-refractivity contribution in [2.45, 2.75) is 6.54 Å². The van der Waals surface area contributed by atoms with Crippen LogP contribution in [0.1, 0.15) is 5.56 Å². The molecule has 0 atom stereocenters. The van der Waals surface area contributed by atoms with Crippen molar-refractivity contribution in [3.05, 3.63) is 29.6 Å². The van der Waals surface area contributed by atoms with E-state index < -0.39 is 23.0 Å². The molecule has 0 saturated carbocycles. The Balaban J connectivity index is 1.99. The fourth-order valence-electron chi connectivity index (χ4n) is 2.37. The summed E-state index contributed by atoms with van der Waals surface area (Å²) in [4.78, 5) is 2.04. The van der Waals surface area contributed by atoms with Gasteiger partial charge in [0.15, 0.2) is 0 Å². The van der Waals surface area contributed by atoms with Crippen LogP contribution in [0, 0.1) is 5.82 Å². The standard InChI is InChI=1S/C12H18BFN2O4S/c1-21(19,20)16-6-4-15(5-7-16)9-10-2-3-12(14)11(8-10)13(17)18/h2-3,8,17-18H,4-7,9H2,1H3. The van der Waals surface area contributed by atoms with E-state index >= 15 is 0 Å². The first-order valence-electron chi connectivity index (χ1n) is 6.59. The highest BCUT2D eigenvalue weighted by Crippen LogP contribution is 2.11. The molecule has 1 aliphatic rings. The summed E-state index contributed by atoms with van der Waals surface area (Å²) in [5.41, 5.74) is 0.606. The number of piperazine rings is 1. The van der Waals surface area contributed by atoms with Crippen molar-refractivity contribution in [3.63, 3.8) is 0 Å². The summed E-state index contributed by atoms with van der Waals surface area (Å²) in [6, 6.07) is 4.21. The van der Waals surface area contributed by atoms with E-state index in [-0.39, 0.29) is 5.46 Å². The molecule has 1 heterocycles. The van der Waals surface area contributed by atoms with Crippen LogP contribution >= 0.6 is 0 Å². The molecule has 0 bridgehead atoms. The van der Waals surface area contributed by atoms with E-state index in [1.54, 1.807) is 6.07 Å². The molecule has 1 aromatic carbocycles. The molecule has 1 saturated heterocycles. The summed E-state index contributed by atoms with van der Waals surface area (Å²) in [5, 5.41) is 18.2. The molecule has 9 heteroatoms. The van der Waals surface area contributed by atoms with E-state index in [0.717, 1.165) is 5.56 Å². The Bertz CT molecular complexity index is 603. The summed E-state index contributed by atoms with van der Waals surface area (Å²) >= 11 is 0. The molecule has 0 unspecified atom stereocenters. The Morgan fingerprint density at radius 3 is 2.38 bits per heavy atom. The van der Waals surface area contributed by atoms with E-state index in [2.05, 4.69) is 0 Å². The van der Waals surface area contributed by atoms with Gasteiger partial charge in [-0.3, -0.25) is 4.90 Å². The molecule has 116 valence electrons. The minimum Gasteiger partial charge on any atom is -0.423 e. The lowest BCUT2D eigenvalue weighted by atomic mass is 9.79. The predicted molar refractivity (Wildman–Crippen MR) is 77.9 cm³/mol. The first kappa shape index (κ1) is 16.4. The molecule has 0 aliphatic carbocycles. The topological polar surface area (TPSA) is 81.1 Å². The zero-order chi connectivity index (χ0) is 15.6.